The maximum absolute atomic E-state index is 11.8. The Labute approximate surface area is 110 Å². The van der Waals surface area contributed by atoms with Crippen LogP contribution in [0.1, 0.15) is 39.5 Å². The lowest BCUT2D eigenvalue weighted by atomic mass is 9.93. The van der Waals surface area contributed by atoms with Crippen molar-refractivity contribution in [1.82, 2.24) is 5.32 Å². The van der Waals surface area contributed by atoms with Crippen LogP contribution in [-0.4, -0.2) is 25.2 Å². The first kappa shape index (κ1) is 13.6. The van der Waals surface area contributed by atoms with Crippen LogP contribution in [-0.2, 0) is 9.53 Å². The summed E-state index contributed by atoms with van der Waals surface area (Å²) in [4.78, 5) is 11.8. The van der Waals surface area contributed by atoms with Crippen molar-refractivity contribution in [2.75, 3.05) is 13.2 Å². The van der Waals surface area contributed by atoms with Crippen LogP contribution in [0.4, 0.5) is 0 Å². The molecule has 1 fully saturated rings. The lowest BCUT2D eigenvalue weighted by Crippen LogP contribution is -2.35. The number of hydrogen-bond donors (Lipinski definition) is 1. The van der Waals surface area contributed by atoms with Gasteiger partial charge in [0.05, 0.1) is 6.10 Å². The molecule has 3 atom stereocenters. The summed E-state index contributed by atoms with van der Waals surface area (Å²) in [5, 5.41) is 3.08. The molecule has 1 heterocycles. The van der Waals surface area contributed by atoms with E-state index in [0.29, 0.717) is 30.3 Å². The largest absolute Gasteiger partial charge is 0.378 e. The molecule has 0 aromatic heterocycles. The van der Waals surface area contributed by atoms with Crippen LogP contribution >= 0.6 is 0 Å². The summed E-state index contributed by atoms with van der Waals surface area (Å²) in [6.07, 6.45) is 8.66. The Morgan fingerprint density at radius 3 is 2.94 bits per heavy atom. The van der Waals surface area contributed by atoms with E-state index in [9.17, 15) is 4.79 Å². The molecule has 18 heavy (non-hydrogen) atoms. The van der Waals surface area contributed by atoms with Gasteiger partial charge in [0.15, 0.2) is 0 Å². The fourth-order valence-electron chi connectivity index (χ4n) is 3.03. The Kier molecular flexibility index (Phi) is 4.81. The average Bonchev–Trinajstić information content (AvgIpc) is 2.96. The molecule has 0 unspecified atom stereocenters. The van der Waals surface area contributed by atoms with Crippen LogP contribution in [0.25, 0.3) is 0 Å². The second-order valence-corrected chi connectivity index (χ2v) is 5.90. The van der Waals surface area contributed by atoms with Crippen molar-refractivity contribution in [3.63, 3.8) is 0 Å². The lowest BCUT2D eigenvalue weighted by molar-refractivity contribution is -0.122. The zero-order chi connectivity index (χ0) is 13.0. The van der Waals surface area contributed by atoms with Crippen LogP contribution in [0.2, 0.25) is 0 Å². The van der Waals surface area contributed by atoms with E-state index in [0.717, 1.165) is 32.4 Å². The maximum Gasteiger partial charge on any atom is 0.220 e. The summed E-state index contributed by atoms with van der Waals surface area (Å²) >= 11 is 0. The summed E-state index contributed by atoms with van der Waals surface area (Å²) in [5.74, 6) is 1.69. The third-order valence-electron chi connectivity index (χ3n) is 4.04. The first-order valence-electron chi connectivity index (χ1n) is 7.21. The van der Waals surface area contributed by atoms with Gasteiger partial charge in [0.2, 0.25) is 5.91 Å². The number of allylic oxidation sites excluding steroid dienone is 2. The standard InChI is InChI=1S/C15H25NO2/c1-11(2)15-13(7-8-18-15)10-16-14(17)9-12-5-3-4-6-12/h3,5,11-13,15H,4,6-10H2,1-2H3,(H,16,17)/t12-,13+,15+/m1/s1. The van der Waals surface area contributed by atoms with Crippen LogP contribution in [0.15, 0.2) is 12.2 Å². The van der Waals surface area contributed by atoms with E-state index in [1.54, 1.807) is 0 Å². The molecular weight excluding hydrogens is 226 g/mol. The molecule has 0 radical (unpaired) electrons. The molecule has 0 aromatic rings. The SMILES string of the molecule is CC(C)[C@@H]1OCC[C@H]1CNC(=O)C[C@@H]1C=CCC1. The van der Waals surface area contributed by atoms with Crippen LogP contribution in [0, 0.1) is 17.8 Å². The first-order chi connectivity index (χ1) is 8.66. The minimum absolute atomic E-state index is 0.195. The topological polar surface area (TPSA) is 38.3 Å². The van der Waals surface area contributed by atoms with Gasteiger partial charge in [-0.25, -0.2) is 0 Å². The third kappa shape index (κ3) is 3.58. The fourth-order valence-corrected chi connectivity index (χ4v) is 3.03. The molecule has 102 valence electrons. The van der Waals surface area contributed by atoms with Crippen LogP contribution in [0.3, 0.4) is 0 Å². The summed E-state index contributed by atoms with van der Waals surface area (Å²) in [7, 11) is 0. The Balaban J connectivity index is 1.70. The van der Waals surface area contributed by atoms with E-state index in [2.05, 4.69) is 31.3 Å². The summed E-state index contributed by atoms with van der Waals surface area (Å²) in [6, 6.07) is 0. The van der Waals surface area contributed by atoms with Crippen LogP contribution < -0.4 is 5.32 Å². The van der Waals surface area contributed by atoms with Gasteiger partial charge in [-0.2, -0.15) is 0 Å². The normalized spacial score (nSPS) is 31.2. The molecular formula is C15H25NO2. The molecule has 1 aliphatic heterocycles. The molecule has 2 aliphatic rings. The van der Waals surface area contributed by atoms with Crippen molar-refractivity contribution < 1.29 is 9.53 Å². The fraction of sp³-hybridized carbons (Fsp3) is 0.800. The summed E-state index contributed by atoms with van der Waals surface area (Å²) < 4.78 is 5.73. The average molecular weight is 251 g/mol. The van der Waals surface area contributed by atoms with E-state index in [4.69, 9.17) is 4.74 Å². The molecule has 1 aliphatic carbocycles. The molecule has 1 saturated heterocycles. The number of amides is 1. The van der Waals surface area contributed by atoms with Crippen molar-refractivity contribution in [3.05, 3.63) is 12.2 Å². The number of carbonyl (C=O) groups is 1. The zero-order valence-corrected chi connectivity index (χ0v) is 11.5. The maximum atomic E-state index is 11.8. The number of hydrogen-bond acceptors (Lipinski definition) is 2. The second kappa shape index (κ2) is 6.37. The minimum atomic E-state index is 0.195. The van der Waals surface area contributed by atoms with Gasteiger partial charge in [-0.15, -0.1) is 0 Å². The molecule has 3 nitrogen and oxygen atoms in total. The van der Waals surface area contributed by atoms with E-state index in [1.807, 2.05) is 0 Å². The molecule has 1 N–H and O–H groups in total. The number of ether oxygens (including phenoxy) is 1. The molecule has 0 saturated carbocycles. The van der Waals surface area contributed by atoms with E-state index in [-0.39, 0.29) is 5.91 Å². The zero-order valence-electron chi connectivity index (χ0n) is 11.5. The quantitative estimate of drug-likeness (QED) is 0.762. The Morgan fingerprint density at radius 1 is 1.44 bits per heavy atom. The van der Waals surface area contributed by atoms with Gasteiger partial charge >= 0.3 is 0 Å². The van der Waals surface area contributed by atoms with Gasteiger partial charge in [-0.1, -0.05) is 26.0 Å². The molecule has 3 heteroatoms. The van der Waals surface area contributed by atoms with Gasteiger partial charge < -0.3 is 10.1 Å². The van der Waals surface area contributed by atoms with Gasteiger partial charge in [0, 0.05) is 25.5 Å². The highest BCUT2D eigenvalue weighted by molar-refractivity contribution is 5.76. The van der Waals surface area contributed by atoms with Crippen molar-refractivity contribution >= 4 is 5.91 Å². The number of nitrogens with one attached hydrogen (secondary N) is 1. The predicted molar refractivity (Wildman–Crippen MR) is 72.2 cm³/mol. The van der Waals surface area contributed by atoms with Crippen LogP contribution in [0.5, 0.6) is 0 Å². The summed E-state index contributed by atoms with van der Waals surface area (Å²) in [5.41, 5.74) is 0. The Bertz CT molecular complexity index is 312. The van der Waals surface area contributed by atoms with Crippen molar-refractivity contribution in [2.24, 2.45) is 17.8 Å². The number of rotatable bonds is 5. The second-order valence-electron chi connectivity index (χ2n) is 5.90. The van der Waals surface area contributed by atoms with E-state index in [1.165, 1.54) is 0 Å². The minimum Gasteiger partial charge on any atom is -0.378 e. The highest BCUT2D eigenvalue weighted by Gasteiger charge is 2.30. The molecule has 2 rings (SSSR count). The van der Waals surface area contributed by atoms with Crippen molar-refractivity contribution in [3.8, 4) is 0 Å². The predicted octanol–water partition coefficient (Wildman–Crippen LogP) is 2.52. The smallest absolute Gasteiger partial charge is 0.220 e. The Hall–Kier alpha value is -0.830. The van der Waals surface area contributed by atoms with Crippen molar-refractivity contribution in [2.45, 2.75) is 45.6 Å². The van der Waals surface area contributed by atoms with Gasteiger partial charge in [-0.3, -0.25) is 4.79 Å². The number of carbonyl (C=O) groups excluding carboxylic acids is 1. The molecule has 1 amide bonds. The highest BCUT2D eigenvalue weighted by atomic mass is 16.5. The molecule has 0 bridgehead atoms. The monoisotopic (exact) mass is 251 g/mol. The van der Waals surface area contributed by atoms with E-state index >= 15 is 0 Å². The first-order valence-corrected chi connectivity index (χ1v) is 7.21. The third-order valence-corrected chi connectivity index (χ3v) is 4.04. The van der Waals surface area contributed by atoms with Gasteiger partial charge in [0.1, 0.15) is 0 Å². The van der Waals surface area contributed by atoms with Crippen molar-refractivity contribution in [1.29, 1.82) is 0 Å². The van der Waals surface area contributed by atoms with Gasteiger partial charge in [0.25, 0.3) is 0 Å². The van der Waals surface area contributed by atoms with Gasteiger partial charge in [-0.05, 0) is 31.1 Å². The lowest BCUT2D eigenvalue weighted by Gasteiger charge is -2.22. The van der Waals surface area contributed by atoms with E-state index < -0.39 is 0 Å². The molecule has 0 aromatic carbocycles. The summed E-state index contributed by atoms with van der Waals surface area (Å²) in [6.45, 7) is 6.00. The highest BCUT2D eigenvalue weighted by Crippen LogP contribution is 2.26. The molecule has 0 spiro atoms. The Morgan fingerprint density at radius 2 is 2.28 bits per heavy atom.